The molecule has 2 N–H and O–H groups in total. The van der Waals surface area contributed by atoms with E-state index in [0.717, 1.165) is 23.7 Å². The number of ether oxygens (including phenoxy) is 1. The van der Waals surface area contributed by atoms with Gasteiger partial charge in [-0.15, -0.1) is 0 Å². The number of nitrogens with one attached hydrogen (secondary N) is 2. The predicted molar refractivity (Wildman–Crippen MR) is 107 cm³/mol. The monoisotopic (exact) mass is 383 g/mol. The second-order valence-electron chi connectivity index (χ2n) is 5.71. The highest BCUT2D eigenvalue weighted by atomic mass is 32.2. The summed E-state index contributed by atoms with van der Waals surface area (Å²) >= 11 is 1.51. The first-order chi connectivity index (χ1) is 13.2. The van der Waals surface area contributed by atoms with Gasteiger partial charge < -0.3 is 15.0 Å². The fourth-order valence-electron chi connectivity index (χ4n) is 2.64. The first kappa shape index (κ1) is 19.0. The van der Waals surface area contributed by atoms with E-state index in [9.17, 15) is 4.79 Å². The molecule has 0 radical (unpaired) electrons. The van der Waals surface area contributed by atoms with Gasteiger partial charge in [0, 0.05) is 31.5 Å². The van der Waals surface area contributed by atoms with Gasteiger partial charge in [-0.3, -0.25) is 9.36 Å². The van der Waals surface area contributed by atoms with Crippen LogP contribution in [0.3, 0.4) is 0 Å². The maximum Gasteiger partial charge on any atom is 0.283 e. The molecule has 2 heterocycles. The summed E-state index contributed by atoms with van der Waals surface area (Å²) in [7, 11) is 0. The van der Waals surface area contributed by atoms with Gasteiger partial charge in [0.1, 0.15) is 11.3 Å². The Kier molecular flexibility index (Phi) is 6.52. The Balaban J connectivity index is 1.88. The lowest BCUT2D eigenvalue weighted by atomic mass is 10.3. The van der Waals surface area contributed by atoms with E-state index < -0.39 is 0 Å². The Labute approximate surface area is 161 Å². The number of nitrogens with zero attached hydrogens (tertiary/aromatic N) is 3. The van der Waals surface area contributed by atoms with E-state index in [1.165, 1.54) is 11.8 Å². The van der Waals surface area contributed by atoms with E-state index in [-0.39, 0.29) is 5.56 Å². The second kappa shape index (κ2) is 9.26. The van der Waals surface area contributed by atoms with Crippen molar-refractivity contribution in [3.8, 4) is 17.5 Å². The van der Waals surface area contributed by atoms with Crippen molar-refractivity contribution in [2.24, 2.45) is 0 Å². The van der Waals surface area contributed by atoms with Crippen molar-refractivity contribution >= 4 is 22.8 Å². The van der Waals surface area contributed by atoms with Crippen LogP contribution in [0, 0.1) is 11.3 Å². The van der Waals surface area contributed by atoms with Gasteiger partial charge in [0.25, 0.3) is 5.56 Å². The van der Waals surface area contributed by atoms with Crippen LogP contribution >= 0.6 is 11.8 Å². The molecule has 3 rings (SSSR count). The van der Waals surface area contributed by atoms with Crippen molar-refractivity contribution in [3.05, 3.63) is 46.9 Å². The molecule has 0 aliphatic rings. The Hall–Kier alpha value is -2.76. The van der Waals surface area contributed by atoms with Crippen LogP contribution in [-0.2, 0) is 0 Å². The van der Waals surface area contributed by atoms with Gasteiger partial charge >= 0.3 is 0 Å². The maximum absolute atomic E-state index is 13.0. The zero-order valence-electron chi connectivity index (χ0n) is 15.1. The lowest BCUT2D eigenvalue weighted by molar-refractivity contribution is 0.340. The SMILES string of the molecule is CCOc1ccc(-n2c(SCCNCCC#N)nc3cc[nH]c3c2=O)cc1. The minimum Gasteiger partial charge on any atom is -0.494 e. The fourth-order valence-corrected chi connectivity index (χ4v) is 3.55. The quantitative estimate of drug-likeness (QED) is 0.335. The van der Waals surface area contributed by atoms with Gasteiger partial charge in [0.15, 0.2) is 5.16 Å². The van der Waals surface area contributed by atoms with Crippen molar-refractivity contribution < 1.29 is 4.74 Å². The third-order valence-corrected chi connectivity index (χ3v) is 4.82. The minimum absolute atomic E-state index is 0.130. The van der Waals surface area contributed by atoms with Crippen molar-refractivity contribution in [1.29, 1.82) is 5.26 Å². The van der Waals surface area contributed by atoms with E-state index in [1.54, 1.807) is 16.8 Å². The molecule has 0 aliphatic carbocycles. The largest absolute Gasteiger partial charge is 0.494 e. The molecule has 0 aliphatic heterocycles. The number of H-pyrrole nitrogens is 1. The van der Waals surface area contributed by atoms with E-state index in [4.69, 9.17) is 10.00 Å². The number of aromatic amines is 1. The molecule has 0 saturated heterocycles. The zero-order valence-corrected chi connectivity index (χ0v) is 15.9. The first-order valence-corrected chi connectivity index (χ1v) is 9.77. The molecule has 27 heavy (non-hydrogen) atoms. The highest BCUT2D eigenvalue weighted by Crippen LogP contribution is 2.22. The molecule has 7 nitrogen and oxygen atoms in total. The first-order valence-electron chi connectivity index (χ1n) is 8.78. The molecule has 0 bridgehead atoms. The average molecular weight is 383 g/mol. The third kappa shape index (κ3) is 4.51. The van der Waals surface area contributed by atoms with Crippen molar-refractivity contribution in [2.45, 2.75) is 18.5 Å². The Morgan fingerprint density at radius 3 is 2.85 bits per heavy atom. The zero-order chi connectivity index (χ0) is 19.1. The second-order valence-corrected chi connectivity index (χ2v) is 6.77. The summed E-state index contributed by atoms with van der Waals surface area (Å²) in [4.78, 5) is 20.6. The summed E-state index contributed by atoms with van der Waals surface area (Å²) < 4.78 is 7.10. The number of hydrogen-bond donors (Lipinski definition) is 2. The molecule has 3 aromatic rings. The van der Waals surface area contributed by atoms with Gasteiger partial charge in [-0.2, -0.15) is 5.26 Å². The molecule has 1 aromatic carbocycles. The molecule has 140 valence electrons. The lowest BCUT2D eigenvalue weighted by Crippen LogP contribution is -2.23. The minimum atomic E-state index is -0.130. The summed E-state index contributed by atoms with van der Waals surface area (Å²) in [5.74, 6) is 1.50. The summed E-state index contributed by atoms with van der Waals surface area (Å²) in [6.07, 6.45) is 2.20. The Bertz CT molecular complexity index is 988. The number of nitriles is 1. The molecular weight excluding hydrogens is 362 g/mol. The Morgan fingerprint density at radius 1 is 1.30 bits per heavy atom. The lowest BCUT2D eigenvalue weighted by Gasteiger charge is -2.13. The van der Waals surface area contributed by atoms with Crippen LogP contribution in [0.15, 0.2) is 46.5 Å². The number of aromatic nitrogens is 3. The summed E-state index contributed by atoms with van der Waals surface area (Å²) in [6.45, 7) is 3.92. The summed E-state index contributed by atoms with van der Waals surface area (Å²) in [6, 6.07) is 11.3. The van der Waals surface area contributed by atoms with E-state index in [1.807, 2.05) is 31.2 Å². The summed E-state index contributed by atoms with van der Waals surface area (Å²) in [5.41, 5.74) is 1.75. The molecule has 8 heteroatoms. The highest BCUT2D eigenvalue weighted by Gasteiger charge is 2.14. The molecule has 2 aromatic heterocycles. The van der Waals surface area contributed by atoms with Crippen LogP contribution in [0.25, 0.3) is 16.7 Å². The molecular formula is C19H21N5O2S. The standard InChI is InChI=1S/C19H21N5O2S/c1-2-26-15-6-4-14(5-7-15)24-18(25)17-16(8-11-22-17)23-19(24)27-13-12-21-10-3-9-20/h4-8,11,21-22H,2-3,10,12-13H2,1H3. The molecule has 0 saturated carbocycles. The van der Waals surface area contributed by atoms with Crippen LogP contribution in [0.4, 0.5) is 0 Å². The average Bonchev–Trinajstić information content (AvgIpc) is 3.15. The number of thioether (sulfide) groups is 1. The van der Waals surface area contributed by atoms with Gasteiger partial charge in [-0.25, -0.2) is 4.98 Å². The highest BCUT2D eigenvalue weighted by molar-refractivity contribution is 7.99. The topological polar surface area (TPSA) is 95.7 Å². The normalized spacial score (nSPS) is 10.8. The third-order valence-electron chi connectivity index (χ3n) is 3.88. The summed E-state index contributed by atoms with van der Waals surface area (Å²) in [5, 5.41) is 12.4. The number of hydrogen-bond acceptors (Lipinski definition) is 6. The number of rotatable bonds is 9. The van der Waals surface area contributed by atoms with E-state index in [0.29, 0.717) is 35.8 Å². The van der Waals surface area contributed by atoms with Crippen LogP contribution in [-0.4, -0.2) is 40.0 Å². The molecule has 0 spiro atoms. The van der Waals surface area contributed by atoms with Crippen molar-refractivity contribution in [2.75, 3.05) is 25.4 Å². The number of benzene rings is 1. The van der Waals surface area contributed by atoms with Gasteiger partial charge in [-0.05, 0) is 37.3 Å². The fraction of sp³-hybridized carbons (Fsp3) is 0.316. The molecule has 0 amide bonds. The number of fused-ring (bicyclic) bond motifs is 1. The maximum atomic E-state index is 13.0. The van der Waals surface area contributed by atoms with Crippen LogP contribution in [0.2, 0.25) is 0 Å². The van der Waals surface area contributed by atoms with Gasteiger partial charge in [-0.1, -0.05) is 11.8 Å². The smallest absolute Gasteiger partial charge is 0.283 e. The predicted octanol–water partition coefficient (Wildman–Crippen LogP) is 2.71. The van der Waals surface area contributed by atoms with Crippen molar-refractivity contribution in [1.82, 2.24) is 19.9 Å². The van der Waals surface area contributed by atoms with Crippen LogP contribution in [0.5, 0.6) is 5.75 Å². The molecule has 0 unspecified atom stereocenters. The van der Waals surface area contributed by atoms with E-state index >= 15 is 0 Å². The van der Waals surface area contributed by atoms with Gasteiger partial charge in [0.2, 0.25) is 0 Å². The molecule has 0 fully saturated rings. The van der Waals surface area contributed by atoms with E-state index in [2.05, 4.69) is 21.4 Å². The van der Waals surface area contributed by atoms with Crippen molar-refractivity contribution in [3.63, 3.8) is 0 Å². The molecule has 0 atom stereocenters. The Morgan fingerprint density at radius 2 is 2.11 bits per heavy atom. The van der Waals surface area contributed by atoms with Gasteiger partial charge in [0.05, 0.1) is 23.9 Å². The van der Waals surface area contributed by atoms with Crippen LogP contribution < -0.4 is 15.6 Å². The van der Waals surface area contributed by atoms with Crippen LogP contribution in [0.1, 0.15) is 13.3 Å².